The first kappa shape index (κ1) is 19.4. The molecule has 0 bridgehead atoms. The molecular weight excluding hydrogens is 381 g/mol. The number of benzene rings is 1. The van der Waals surface area contributed by atoms with Crippen LogP contribution in [0.15, 0.2) is 53.7 Å². The smallest absolute Gasteiger partial charge is 0.330 e. The Morgan fingerprint density at radius 3 is 2.41 bits per heavy atom. The van der Waals surface area contributed by atoms with E-state index in [2.05, 4.69) is 15.3 Å². The van der Waals surface area contributed by atoms with Gasteiger partial charge < -0.3 is 5.32 Å². The first-order valence-electron chi connectivity index (χ1n) is 9.59. The van der Waals surface area contributed by atoms with Crippen molar-refractivity contribution in [1.29, 1.82) is 0 Å². The van der Waals surface area contributed by atoms with E-state index < -0.39 is 17.7 Å². The van der Waals surface area contributed by atoms with E-state index in [9.17, 15) is 18.0 Å². The molecule has 5 nitrogen and oxygen atoms in total. The van der Waals surface area contributed by atoms with E-state index in [-0.39, 0.29) is 17.7 Å². The molecule has 0 radical (unpaired) electrons. The van der Waals surface area contributed by atoms with Gasteiger partial charge in [-0.05, 0) is 31.4 Å². The molecule has 1 aliphatic heterocycles. The highest BCUT2D eigenvalue weighted by Crippen LogP contribution is 2.43. The molecule has 1 amide bonds. The Hall–Kier alpha value is -2.90. The first-order valence-corrected chi connectivity index (χ1v) is 9.59. The molecule has 2 aromatic rings. The van der Waals surface area contributed by atoms with E-state index >= 15 is 0 Å². The van der Waals surface area contributed by atoms with Gasteiger partial charge in [-0.2, -0.15) is 13.2 Å². The number of carbonyl (C=O) groups is 1. The lowest BCUT2D eigenvalue weighted by Crippen LogP contribution is -2.59. The molecule has 1 aromatic heterocycles. The van der Waals surface area contributed by atoms with Gasteiger partial charge in [0.15, 0.2) is 0 Å². The summed E-state index contributed by atoms with van der Waals surface area (Å²) in [7, 11) is 0. The van der Waals surface area contributed by atoms with Gasteiger partial charge in [-0.15, -0.1) is 0 Å². The van der Waals surface area contributed by atoms with Gasteiger partial charge in [0.25, 0.3) is 5.91 Å². The van der Waals surface area contributed by atoms with Crippen LogP contribution < -0.4 is 5.32 Å². The third kappa shape index (κ3) is 3.26. The maximum atomic E-state index is 14.4. The molecule has 2 aliphatic rings. The number of rotatable bonds is 4. The molecule has 0 spiro atoms. The molecule has 1 atom stereocenters. The Balaban J connectivity index is 1.87. The molecular formula is C21H21F3N4O. The van der Waals surface area contributed by atoms with Crippen molar-refractivity contribution < 1.29 is 18.0 Å². The van der Waals surface area contributed by atoms with Crippen LogP contribution in [0, 0.1) is 6.92 Å². The quantitative estimate of drug-likeness (QED) is 0.830. The summed E-state index contributed by atoms with van der Waals surface area (Å²) in [6.45, 7) is 1.63. The lowest BCUT2D eigenvalue weighted by Gasteiger charge is -2.32. The number of halogens is 3. The predicted octanol–water partition coefficient (Wildman–Crippen LogP) is 4.29. The van der Waals surface area contributed by atoms with Gasteiger partial charge in [0.05, 0.1) is 0 Å². The molecule has 1 fully saturated rings. The van der Waals surface area contributed by atoms with Crippen LogP contribution in [0.25, 0.3) is 0 Å². The van der Waals surface area contributed by atoms with Crippen molar-refractivity contribution in [2.24, 2.45) is 4.99 Å². The Morgan fingerprint density at radius 2 is 1.79 bits per heavy atom. The molecule has 1 aliphatic carbocycles. The Kier molecular flexibility index (Phi) is 4.80. The molecule has 29 heavy (non-hydrogen) atoms. The fraction of sp³-hybridized carbons (Fsp3) is 0.381. The Labute approximate surface area is 166 Å². The van der Waals surface area contributed by atoms with Gasteiger partial charge in [0.1, 0.15) is 11.7 Å². The fourth-order valence-corrected chi connectivity index (χ4v) is 3.95. The zero-order valence-electron chi connectivity index (χ0n) is 15.9. The Bertz CT molecular complexity index is 938. The zero-order chi connectivity index (χ0) is 20.6. The monoisotopic (exact) mass is 402 g/mol. The third-order valence-electron chi connectivity index (χ3n) is 5.47. The van der Waals surface area contributed by atoms with Crippen LogP contribution in [0.2, 0.25) is 0 Å². The largest absolute Gasteiger partial charge is 0.442 e. The number of nitrogens with zero attached hydrogens (tertiary/aromatic N) is 3. The van der Waals surface area contributed by atoms with E-state index in [4.69, 9.17) is 0 Å². The lowest BCUT2D eigenvalue weighted by atomic mass is 10.1. The van der Waals surface area contributed by atoms with Crippen LogP contribution in [0.1, 0.15) is 36.8 Å². The van der Waals surface area contributed by atoms with E-state index in [1.165, 1.54) is 11.1 Å². The minimum Gasteiger partial charge on any atom is -0.330 e. The van der Waals surface area contributed by atoms with Gasteiger partial charge in [0, 0.05) is 17.8 Å². The number of alkyl halides is 3. The van der Waals surface area contributed by atoms with Crippen molar-refractivity contribution in [2.75, 3.05) is 5.32 Å². The molecule has 1 saturated carbocycles. The third-order valence-corrected chi connectivity index (χ3v) is 5.47. The molecule has 0 unspecified atom stereocenters. The summed E-state index contributed by atoms with van der Waals surface area (Å²) in [6.07, 6.45) is -0.482. The van der Waals surface area contributed by atoms with Crippen LogP contribution in [-0.2, 0) is 4.79 Å². The number of pyridine rings is 1. The van der Waals surface area contributed by atoms with Crippen LogP contribution >= 0.6 is 0 Å². The van der Waals surface area contributed by atoms with Crippen LogP contribution in [0.3, 0.4) is 0 Å². The van der Waals surface area contributed by atoms with Crippen LogP contribution in [0.4, 0.5) is 19.0 Å². The van der Waals surface area contributed by atoms with E-state index in [1.807, 2.05) is 0 Å². The Morgan fingerprint density at radius 1 is 1.10 bits per heavy atom. The SMILES string of the molecule is Cc1cccnc1N[C@@]1(C(F)(F)F)N=C(c2ccccc2)N(C2CCCC2)C1=O. The molecule has 4 rings (SSSR count). The average Bonchev–Trinajstić information content (AvgIpc) is 3.31. The molecule has 0 saturated heterocycles. The highest BCUT2D eigenvalue weighted by atomic mass is 19.4. The number of hydrogen-bond acceptors (Lipinski definition) is 4. The normalized spacial score (nSPS) is 22.8. The topological polar surface area (TPSA) is 57.6 Å². The highest BCUT2D eigenvalue weighted by Gasteiger charge is 2.67. The maximum Gasteiger partial charge on any atom is 0.442 e. The number of nitrogens with one attached hydrogen (secondary N) is 1. The van der Waals surface area contributed by atoms with Crippen molar-refractivity contribution in [2.45, 2.75) is 50.5 Å². The summed E-state index contributed by atoms with van der Waals surface area (Å²) in [6, 6.07) is 11.5. The second kappa shape index (κ2) is 7.17. The summed E-state index contributed by atoms with van der Waals surface area (Å²) in [5.41, 5.74) is -2.11. The van der Waals surface area contributed by atoms with Crippen LogP contribution in [0.5, 0.6) is 0 Å². The molecule has 152 valence electrons. The van der Waals surface area contributed by atoms with Crippen molar-refractivity contribution >= 4 is 17.6 Å². The van der Waals surface area contributed by atoms with Crippen molar-refractivity contribution in [3.63, 3.8) is 0 Å². The minimum absolute atomic E-state index is 0.0115. The first-order chi connectivity index (χ1) is 13.8. The summed E-state index contributed by atoms with van der Waals surface area (Å²) in [4.78, 5) is 22.6. The van der Waals surface area contributed by atoms with Gasteiger partial charge >= 0.3 is 11.8 Å². The average molecular weight is 402 g/mol. The summed E-state index contributed by atoms with van der Waals surface area (Å²) in [5, 5.41) is 2.35. The molecule has 2 heterocycles. The van der Waals surface area contributed by atoms with Crippen molar-refractivity contribution in [1.82, 2.24) is 9.88 Å². The van der Waals surface area contributed by atoms with Crippen molar-refractivity contribution in [3.05, 3.63) is 59.8 Å². The minimum atomic E-state index is -4.94. The number of aryl methyl sites for hydroxylation is 1. The predicted molar refractivity (Wildman–Crippen MR) is 103 cm³/mol. The standard InChI is InChI=1S/C21H21F3N4O/c1-14-8-7-13-25-17(14)26-20(21(22,23)24)19(29)28(16-11-5-6-12-16)18(27-20)15-9-3-2-4-10-15/h2-4,7-10,13,16H,5-6,11-12H2,1H3,(H,25,26)/t20-/m1/s1. The molecule has 1 N–H and O–H groups in total. The van der Waals surface area contributed by atoms with E-state index in [0.717, 1.165) is 12.8 Å². The van der Waals surface area contributed by atoms with Crippen LogP contribution in [-0.4, -0.2) is 39.5 Å². The number of hydrogen-bond donors (Lipinski definition) is 1. The number of aromatic nitrogens is 1. The number of aliphatic imine (C=N–C) groups is 1. The highest BCUT2D eigenvalue weighted by molar-refractivity contribution is 6.16. The van der Waals surface area contributed by atoms with Crippen molar-refractivity contribution in [3.8, 4) is 0 Å². The van der Waals surface area contributed by atoms with E-state index in [0.29, 0.717) is 24.0 Å². The maximum absolute atomic E-state index is 14.4. The molecule has 1 aromatic carbocycles. The van der Waals surface area contributed by atoms with Gasteiger partial charge in [-0.25, -0.2) is 9.98 Å². The second-order valence-corrected chi connectivity index (χ2v) is 7.42. The number of carbonyl (C=O) groups excluding carboxylic acids is 1. The number of amides is 1. The zero-order valence-corrected chi connectivity index (χ0v) is 15.9. The fourth-order valence-electron chi connectivity index (χ4n) is 3.95. The second-order valence-electron chi connectivity index (χ2n) is 7.42. The summed E-state index contributed by atoms with van der Waals surface area (Å²) >= 11 is 0. The lowest BCUT2D eigenvalue weighted by molar-refractivity contribution is -0.185. The number of anilines is 1. The summed E-state index contributed by atoms with van der Waals surface area (Å²) < 4.78 is 43.2. The number of amidine groups is 1. The van der Waals surface area contributed by atoms with Gasteiger partial charge in [0.2, 0.25) is 0 Å². The summed E-state index contributed by atoms with van der Waals surface area (Å²) in [5.74, 6) is -1.05. The van der Waals surface area contributed by atoms with Gasteiger partial charge in [-0.3, -0.25) is 9.69 Å². The van der Waals surface area contributed by atoms with E-state index in [1.54, 1.807) is 49.4 Å². The van der Waals surface area contributed by atoms with Gasteiger partial charge in [-0.1, -0.05) is 49.2 Å². The molecule has 8 heteroatoms.